The molecule has 2 aromatic rings. The first kappa shape index (κ1) is 14.2. The van der Waals surface area contributed by atoms with Crippen molar-refractivity contribution in [3.05, 3.63) is 42.2 Å². The van der Waals surface area contributed by atoms with Crippen LogP contribution in [0.25, 0.3) is 0 Å². The molecule has 2 aromatic heterocycles. The highest BCUT2D eigenvalue weighted by atomic mass is 16.2. The number of rotatable bonds is 6. The van der Waals surface area contributed by atoms with E-state index in [0.29, 0.717) is 25.9 Å². The maximum absolute atomic E-state index is 12.2. The Labute approximate surface area is 118 Å². The average molecular weight is 273 g/mol. The molecule has 0 radical (unpaired) electrons. The number of hydrogen-bond donors (Lipinski definition) is 0. The van der Waals surface area contributed by atoms with E-state index in [-0.39, 0.29) is 5.91 Å². The molecule has 0 aliphatic heterocycles. The van der Waals surface area contributed by atoms with Gasteiger partial charge in [0, 0.05) is 45.4 Å². The molecule has 2 rings (SSSR count). The summed E-state index contributed by atoms with van der Waals surface area (Å²) in [5.41, 5.74) is 1.09. The highest BCUT2D eigenvalue weighted by Gasteiger charge is 2.13. The fourth-order valence-corrected chi connectivity index (χ4v) is 2.00. The minimum Gasteiger partial charge on any atom is -0.339 e. The molecule has 0 unspecified atom stereocenters. The van der Waals surface area contributed by atoms with Crippen molar-refractivity contribution < 1.29 is 4.79 Å². The van der Waals surface area contributed by atoms with Crippen LogP contribution in [0.2, 0.25) is 0 Å². The van der Waals surface area contributed by atoms with Gasteiger partial charge in [0.2, 0.25) is 5.91 Å². The molecule has 0 atom stereocenters. The van der Waals surface area contributed by atoms with E-state index >= 15 is 0 Å². The average Bonchev–Trinajstić information content (AvgIpc) is 2.88. The predicted molar refractivity (Wildman–Crippen MR) is 74.7 cm³/mol. The molecule has 106 valence electrons. The second-order valence-electron chi connectivity index (χ2n) is 4.62. The van der Waals surface area contributed by atoms with Crippen molar-refractivity contribution in [2.75, 3.05) is 6.54 Å². The van der Waals surface area contributed by atoms with Gasteiger partial charge in [-0.05, 0) is 24.6 Å². The molecule has 0 saturated carbocycles. The SMILES string of the molecule is CCN(Cc1ccncc1)C(=O)CCc1nncn1C. The number of amides is 1. The van der Waals surface area contributed by atoms with Gasteiger partial charge >= 0.3 is 0 Å². The van der Waals surface area contributed by atoms with E-state index in [1.165, 1.54) is 0 Å². The molecule has 2 heterocycles. The first-order chi connectivity index (χ1) is 9.70. The number of hydrogen-bond acceptors (Lipinski definition) is 4. The van der Waals surface area contributed by atoms with Gasteiger partial charge in [0.25, 0.3) is 0 Å². The maximum atomic E-state index is 12.2. The highest BCUT2D eigenvalue weighted by molar-refractivity contribution is 5.76. The first-order valence-corrected chi connectivity index (χ1v) is 6.70. The standard InChI is InChI=1S/C14H19N5O/c1-3-19(10-12-6-8-15-9-7-12)14(20)5-4-13-17-16-11-18(13)2/h6-9,11H,3-5,10H2,1-2H3. The molecule has 0 aromatic carbocycles. The van der Waals surface area contributed by atoms with Crippen LogP contribution < -0.4 is 0 Å². The Hall–Kier alpha value is -2.24. The van der Waals surface area contributed by atoms with Crippen molar-refractivity contribution in [2.45, 2.75) is 26.3 Å². The number of carbonyl (C=O) groups excluding carboxylic acids is 1. The summed E-state index contributed by atoms with van der Waals surface area (Å²) >= 11 is 0. The topological polar surface area (TPSA) is 63.9 Å². The fraction of sp³-hybridized carbons (Fsp3) is 0.429. The normalized spacial score (nSPS) is 10.5. The Bertz CT molecular complexity index is 552. The van der Waals surface area contributed by atoms with Crippen LogP contribution in [0.15, 0.2) is 30.9 Å². The van der Waals surface area contributed by atoms with Crippen molar-refractivity contribution in [3.63, 3.8) is 0 Å². The molecule has 0 saturated heterocycles. The summed E-state index contributed by atoms with van der Waals surface area (Å²) in [6, 6.07) is 3.86. The Morgan fingerprint density at radius 2 is 2.10 bits per heavy atom. The molecule has 1 amide bonds. The van der Waals surface area contributed by atoms with E-state index in [2.05, 4.69) is 15.2 Å². The Morgan fingerprint density at radius 3 is 2.70 bits per heavy atom. The molecule has 6 nitrogen and oxygen atoms in total. The molecule has 0 fully saturated rings. The summed E-state index contributed by atoms with van der Waals surface area (Å²) < 4.78 is 1.84. The predicted octanol–water partition coefficient (Wildman–Crippen LogP) is 1.19. The van der Waals surface area contributed by atoms with Gasteiger partial charge in [-0.2, -0.15) is 0 Å². The third-order valence-electron chi connectivity index (χ3n) is 3.22. The largest absolute Gasteiger partial charge is 0.339 e. The highest BCUT2D eigenvalue weighted by Crippen LogP contribution is 2.07. The molecule has 0 aliphatic rings. The van der Waals surface area contributed by atoms with E-state index in [1.807, 2.05) is 35.6 Å². The molecule has 6 heteroatoms. The van der Waals surface area contributed by atoms with E-state index in [9.17, 15) is 4.79 Å². The van der Waals surface area contributed by atoms with Crippen LogP contribution in [0, 0.1) is 0 Å². The van der Waals surface area contributed by atoms with Gasteiger partial charge < -0.3 is 9.47 Å². The monoisotopic (exact) mass is 273 g/mol. The van der Waals surface area contributed by atoms with Crippen molar-refractivity contribution >= 4 is 5.91 Å². The van der Waals surface area contributed by atoms with Gasteiger partial charge in [-0.1, -0.05) is 0 Å². The van der Waals surface area contributed by atoms with E-state index in [4.69, 9.17) is 0 Å². The third kappa shape index (κ3) is 3.63. The second kappa shape index (κ2) is 6.79. The van der Waals surface area contributed by atoms with Crippen molar-refractivity contribution in [2.24, 2.45) is 7.05 Å². The number of aromatic nitrogens is 4. The third-order valence-corrected chi connectivity index (χ3v) is 3.22. The zero-order valence-electron chi connectivity index (χ0n) is 11.9. The number of carbonyl (C=O) groups is 1. The van der Waals surface area contributed by atoms with Crippen LogP contribution in [0.3, 0.4) is 0 Å². The molecule has 0 N–H and O–H groups in total. The van der Waals surface area contributed by atoms with Crippen LogP contribution in [0.1, 0.15) is 24.7 Å². The summed E-state index contributed by atoms with van der Waals surface area (Å²) in [5.74, 6) is 0.964. The Kier molecular flexibility index (Phi) is 4.81. The molecule has 0 aliphatic carbocycles. The van der Waals surface area contributed by atoms with Crippen LogP contribution in [0.5, 0.6) is 0 Å². The second-order valence-corrected chi connectivity index (χ2v) is 4.62. The van der Waals surface area contributed by atoms with Crippen LogP contribution in [0.4, 0.5) is 0 Å². The molecular weight excluding hydrogens is 254 g/mol. The van der Waals surface area contributed by atoms with Gasteiger partial charge in [-0.3, -0.25) is 9.78 Å². The van der Waals surface area contributed by atoms with Crippen molar-refractivity contribution in [3.8, 4) is 0 Å². The summed E-state index contributed by atoms with van der Waals surface area (Å²) in [6.45, 7) is 3.30. The van der Waals surface area contributed by atoms with Gasteiger partial charge in [0.05, 0.1) is 0 Å². The summed E-state index contributed by atoms with van der Waals surface area (Å²) in [7, 11) is 1.88. The van der Waals surface area contributed by atoms with Crippen molar-refractivity contribution in [1.29, 1.82) is 0 Å². The van der Waals surface area contributed by atoms with Gasteiger partial charge in [-0.15, -0.1) is 10.2 Å². The van der Waals surface area contributed by atoms with Gasteiger partial charge in [0.1, 0.15) is 12.2 Å². The zero-order chi connectivity index (χ0) is 14.4. The van der Waals surface area contributed by atoms with Gasteiger partial charge in [-0.25, -0.2) is 0 Å². The summed E-state index contributed by atoms with van der Waals surface area (Å²) in [4.78, 5) is 18.1. The zero-order valence-corrected chi connectivity index (χ0v) is 11.9. The maximum Gasteiger partial charge on any atom is 0.223 e. The first-order valence-electron chi connectivity index (χ1n) is 6.70. The minimum absolute atomic E-state index is 0.132. The lowest BCUT2D eigenvalue weighted by molar-refractivity contribution is -0.131. The molecule has 0 bridgehead atoms. The van der Waals surface area contributed by atoms with E-state index in [1.54, 1.807) is 18.7 Å². The smallest absolute Gasteiger partial charge is 0.223 e. The molecular formula is C14H19N5O. The van der Waals surface area contributed by atoms with Crippen LogP contribution in [-0.4, -0.2) is 37.1 Å². The summed E-state index contributed by atoms with van der Waals surface area (Å²) in [6.07, 6.45) is 6.20. The van der Waals surface area contributed by atoms with Crippen molar-refractivity contribution in [1.82, 2.24) is 24.6 Å². The van der Waals surface area contributed by atoms with E-state index < -0.39 is 0 Å². The fourth-order valence-electron chi connectivity index (χ4n) is 2.00. The number of aryl methyl sites for hydroxylation is 2. The lowest BCUT2D eigenvalue weighted by Gasteiger charge is -2.20. The number of pyridine rings is 1. The summed E-state index contributed by atoms with van der Waals surface area (Å²) in [5, 5.41) is 7.80. The lowest BCUT2D eigenvalue weighted by atomic mass is 10.2. The van der Waals surface area contributed by atoms with Crippen LogP contribution in [-0.2, 0) is 24.8 Å². The Balaban J connectivity index is 1.91. The van der Waals surface area contributed by atoms with E-state index in [0.717, 1.165) is 11.4 Å². The molecule has 20 heavy (non-hydrogen) atoms. The quantitative estimate of drug-likeness (QED) is 0.793. The van der Waals surface area contributed by atoms with Crippen LogP contribution >= 0.6 is 0 Å². The Morgan fingerprint density at radius 1 is 1.35 bits per heavy atom. The minimum atomic E-state index is 0.132. The van der Waals surface area contributed by atoms with Gasteiger partial charge in [0.15, 0.2) is 0 Å². The lowest BCUT2D eigenvalue weighted by Crippen LogP contribution is -2.30. The molecule has 0 spiro atoms. The number of nitrogens with zero attached hydrogens (tertiary/aromatic N) is 5.